The lowest BCUT2D eigenvalue weighted by atomic mass is 10.1. The van der Waals surface area contributed by atoms with Crippen molar-refractivity contribution in [2.75, 3.05) is 19.6 Å². The molecule has 0 spiro atoms. The first kappa shape index (κ1) is 14.6. The second-order valence-electron chi connectivity index (χ2n) is 4.53. The molecule has 4 nitrogen and oxygen atoms in total. The molecule has 1 unspecified atom stereocenters. The molecule has 0 saturated heterocycles. The predicted molar refractivity (Wildman–Crippen MR) is 82.3 cm³/mol. The third-order valence-electron chi connectivity index (χ3n) is 3.00. The number of oxazole rings is 1. The fourth-order valence-electron chi connectivity index (χ4n) is 2.08. The summed E-state index contributed by atoms with van der Waals surface area (Å²) in [5.41, 5.74) is 2.12. The number of halogens is 1. The number of nitrogens with zero attached hydrogens (tertiary/aromatic N) is 1. The zero-order valence-corrected chi connectivity index (χ0v) is 11.9. The molecular weight excluding hydrogens is 276 g/mol. The van der Waals surface area contributed by atoms with Gasteiger partial charge in [-0.25, -0.2) is 4.79 Å². The summed E-state index contributed by atoms with van der Waals surface area (Å²) in [6.07, 6.45) is 3.67. The number of alkyl halides is 1. The number of nitrogens with one attached hydrogen (secondary N) is 1. The van der Waals surface area contributed by atoms with E-state index in [-0.39, 0.29) is 5.38 Å². The lowest BCUT2D eigenvalue weighted by Gasteiger charge is -2.22. The Kier molecular flexibility index (Phi) is 4.82. The molecule has 0 amide bonds. The number of aromatic amines is 1. The Morgan fingerprint density at radius 2 is 2.05 bits per heavy atom. The second-order valence-corrected chi connectivity index (χ2v) is 5.06. The van der Waals surface area contributed by atoms with Gasteiger partial charge in [0.15, 0.2) is 5.58 Å². The molecule has 1 N–H and O–H groups in total. The Bertz CT molecular complexity index is 649. The van der Waals surface area contributed by atoms with Crippen LogP contribution in [0, 0.1) is 0 Å². The molecule has 0 bridgehead atoms. The first-order chi connectivity index (χ1) is 9.63. The molecule has 2 rings (SSSR count). The summed E-state index contributed by atoms with van der Waals surface area (Å²) in [6.45, 7) is 9.63. The van der Waals surface area contributed by atoms with Gasteiger partial charge in [-0.05, 0) is 17.7 Å². The number of benzene rings is 1. The van der Waals surface area contributed by atoms with Crippen LogP contribution >= 0.6 is 11.6 Å². The van der Waals surface area contributed by atoms with Gasteiger partial charge in [0.1, 0.15) is 0 Å². The van der Waals surface area contributed by atoms with Crippen molar-refractivity contribution in [2.24, 2.45) is 0 Å². The number of hydrogen-bond acceptors (Lipinski definition) is 3. The van der Waals surface area contributed by atoms with Crippen molar-refractivity contribution in [3.05, 3.63) is 59.6 Å². The molecule has 1 heterocycles. The van der Waals surface area contributed by atoms with Gasteiger partial charge in [-0.3, -0.25) is 9.88 Å². The molecule has 0 fully saturated rings. The van der Waals surface area contributed by atoms with E-state index in [4.69, 9.17) is 16.0 Å². The van der Waals surface area contributed by atoms with E-state index in [0.717, 1.165) is 18.7 Å². The van der Waals surface area contributed by atoms with Crippen molar-refractivity contribution in [3.8, 4) is 0 Å². The maximum atomic E-state index is 11.1. The summed E-state index contributed by atoms with van der Waals surface area (Å²) in [4.78, 5) is 15.9. The third-order valence-corrected chi connectivity index (χ3v) is 3.39. The van der Waals surface area contributed by atoms with E-state index in [9.17, 15) is 4.79 Å². The van der Waals surface area contributed by atoms with Gasteiger partial charge in [0.2, 0.25) is 0 Å². The minimum absolute atomic E-state index is 0.195. The van der Waals surface area contributed by atoms with Crippen molar-refractivity contribution in [2.45, 2.75) is 5.38 Å². The van der Waals surface area contributed by atoms with Crippen LogP contribution in [0.25, 0.3) is 11.1 Å². The highest BCUT2D eigenvalue weighted by Gasteiger charge is 2.14. The van der Waals surface area contributed by atoms with Gasteiger partial charge in [0.05, 0.1) is 10.9 Å². The van der Waals surface area contributed by atoms with Gasteiger partial charge in [-0.1, -0.05) is 18.2 Å². The molecule has 20 heavy (non-hydrogen) atoms. The topological polar surface area (TPSA) is 49.2 Å². The Morgan fingerprint density at radius 1 is 1.35 bits per heavy atom. The monoisotopic (exact) mass is 292 g/mol. The molecule has 2 aromatic rings. The summed E-state index contributed by atoms with van der Waals surface area (Å²) < 4.78 is 5.04. The van der Waals surface area contributed by atoms with E-state index in [2.05, 4.69) is 23.0 Å². The van der Waals surface area contributed by atoms with Crippen LogP contribution in [-0.2, 0) is 0 Å². The first-order valence-electron chi connectivity index (χ1n) is 6.35. The molecule has 0 aliphatic heterocycles. The van der Waals surface area contributed by atoms with E-state index >= 15 is 0 Å². The highest BCUT2D eigenvalue weighted by atomic mass is 35.5. The summed E-state index contributed by atoms with van der Waals surface area (Å²) >= 11 is 6.44. The number of aromatic nitrogens is 1. The normalized spacial score (nSPS) is 12.7. The predicted octanol–water partition coefficient (Wildman–Crippen LogP) is 3.08. The number of H-pyrrole nitrogens is 1. The zero-order valence-electron chi connectivity index (χ0n) is 11.1. The van der Waals surface area contributed by atoms with Crippen LogP contribution in [0.4, 0.5) is 0 Å². The molecule has 1 aromatic heterocycles. The minimum atomic E-state index is -0.455. The molecule has 106 valence electrons. The van der Waals surface area contributed by atoms with Crippen molar-refractivity contribution in [1.29, 1.82) is 0 Å². The largest absolute Gasteiger partial charge is 0.417 e. The van der Waals surface area contributed by atoms with Crippen LogP contribution in [-0.4, -0.2) is 29.5 Å². The quantitative estimate of drug-likeness (QED) is 0.630. The van der Waals surface area contributed by atoms with Crippen LogP contribution in [0.15, 0.2) is 52.7 Å². The number of rotatable bonds is 7. The summed E-state index contributed by atoms with van der Waals surface area (Å²) in [5.74, 6) is -0.455. The fourth-order valence-corrected chi connectivity index (χ4v) is 2.41. The molecule has 5 heteroatoms. The van der Waals surface area contributed by atoms with Gasteiger partial charge in [0, 0.05) is 19.6 Å². The van der Waals surface area contributed by atoms with Crippen LogP contribution in [0.2, 0.25) is 0 Å². The summed E-state index contributed by atoms with van der Waals surface area (Å²) in [6, 6.07) is 5.49. The molecule has 0 saturated carbocycles. The number of hydrogen-bond donors (Lipinski definition) is 1. The Labute approximate surface area is 122 Å². The number of fused-ring (bicyclic) bond motifs is 1. The van der Waals surface area contributed by atoms with Crippen LogP contribution in [0.3, 0.4) is 0 Å². The first-order valence-corrected chi connectivity index (χ1v) is 6.78. The van der Waals surface area contributed by atoms with E-state index in [1.807, 2.05) is 18.2 Å². The maximum Gasteiger partial charge on any atom is 0.417 e. The van der Waals surface area contributed by atoms with Crippen molar-refractivity contribution < 1.29 is 4.42 Å². The highest BCUT2D eigenvalue weighted by molar-refractivity contribution is 6.21. The smallest absolute Gasteiger partial charge is 0.408 e. The van der Waals surface area contributed by atoms with Crippen LogP contribution in [0.5, 0.6) is 0 Å². The molecular formula is C15H17ClN2O2. The van der Waals surface area contributed by atoms with Crippen molar-refractivity contribution in [1.82, 2.24) is 9.88 Å². The second kappa shape index (κ2) is 6.59. The SMILES string of the molecule is C=CCN(CC=C)CC(Cl)c1ccc2[nH]c(=O)oc2c1. The van der Waals surface area contributed by atoms with Gasteiger partial charge in [-0.2, -0.15) is 0 Å². The highest BCUT2D eigenvalue weighted by Crippen LogP contribution is 2.24. The van der Waals surface area contributed by atoms with E-state index in [1.54, 1.807) is 12.1 Å². The van der Waals surface area contributed by atoms with Crippen LogP contribution in [0.1, 0.15) is 10.9 Å². The minimum Gasteiger partial charge on any atom is -0.408 e. The Balaban J connectivity index is 2.16. The summed E-state index contributed by atoms with van der Waals surface area (Å²) in [7, 11) is 0. The van der Waals surface area contributed by atoms with Crippen molar-refractivity contribution in [3.63, 3.8) is 0 Å². The average molecular weight is 293 g/mol. The van der Waals surface area contributed by atoms with Gasteiger partial charge in [0.25, 0.3) is 0 Å². The van der Waals surface area contributed by atoms with Gasteiger partial charge < -0.3 is 4.42 Å². The average Bonchev–Trinajstić information content (AvgIpc) is 2.78. The zero-order chi connectivity index (χ0) is 14.5. The molecule has 0 aliphatic carbocycles. The van der Waals surface area contributed by atoms with Gasteiger partial charge >= 0.3 is 5.76 Å². The molecule has 1 atom stereocenters. The Hall–Kier alpha value is -1.78. The lowest BCUT2D eigenvalue weighted by Crippen LogP contribution is -2.27. The fraction of sp³-hybridized carbons (Fsp3) is 0.267. The summed E-state index contributed by atoms with van der Waals surface area (Å²) in [5, 5.41) is -0.195. The van der Waals surface area contributed by atoms with E-state index in [1.165, 1.54) is 0 Å². The van der Waals surface area contributed by atoms with Crippen molar-refractivity contribution >= 4 is 22.7 Å². The molecule has 0 radical (unpaired) electrons. The van der Waals surface area contributed by atoms with Crippen LogP contribution < -0.4 is 5.76 Å². The van der Waals surface area contributed by atoms with Gasteiger partial charge in [-0.15, -0.1) is 24.8 Å². The lowest BCUT2D eigenvalue weighted by molar-refractivity contribution is 0.335. The molecule has 0 aliphatic rings. The standard InChI is InChI=1S/C15H17ClN2O2/c1-3-7-18(8-4-2)10-12(16)11-5-6-13-14(9-11)20-15(19)17-13/h3-6,9,12H,1-2,7-8,10H2,(H,17,19). The Morgan fingerprint density at radius 3 is 2.70 bits per heavy atom. The third kappa shape index (κ3) is 3.40. The van der Waals surface area contributed by atoms with E-state index in [0.29, 0.717) is 17.6 Å². The van der Waals surface area contributed by atoms with E-state index < -0.39 is 5.76 Å². The maximum absolute atomic E-state index is 11.1. The molecule has 1 aromatic carbocycles.